The van der Waals surface area contributed by atoms with Crippen LogP contribution in [0, 0.1) is 5.92 Å². The molecule has 1 N–H and O–H groups in total. The number of amides is 2. The van der Waals surface area contributed by atoms with Crippen LogP contribution < -0.4 is 14.8 Å². The predicted octanol–water partition coefficient (Wildman–Crippen LogP) is 1.96. The van der Waals surface area contributed by atoms with E-state index in [4.69, 9.17) is 13.9 Å². The molecule has 0 aliphatic carbocycles. The number of methoxy groups -OCH3 is 2. The average Bonchev–Trinajstić information content (AvgIpc) is 3.30. The van der Waals surface area contributed by atoms with Gasteiger partial charge in [-0.3, -0.25) is 9.59 Å². The summed E-state index contributed by atoms with van der Waals surface area (Å²) in [5.41, 5.74) is 0.817. The minimum Gasteiger partial charge on any atom is -0.497 e. The number of ether oxygens (including phenoxy) is 2. The standard InChI is InChI=1S/C19H22N2O5/c1-24-15-5-6-17(25-2)13(8-15)10-20-19(23)14-9-18(22)21(11-14)12-16-4-3-7-26-16/h3-8,14H,9-12H2,1-2H3,(H,20,23). The predicted molar refractivity (Wildman–Crippen MR) is 93.6 cm³/mol. The number of carbonyl (C=O) groups excluding carboxylic acids is 2. The molecule has 138 valence electrons. The third-order valence-electron chi connectivity index (χ3n) is 4.45. The molecule has 26 heavy (non-hydrogen) atoms. The fourth-order valence-electron chi connectivity index (χ4n) is 3.04. The molecule has 1 aliphatic heterocycles. The molecule has 2 aromatic rings. The second kappa shape index (κ2) is 7.95. The third-order valence-corrected chi connectivity index (χ3v) is 4.45. The molecule has 0 saturated carbocycles. The van der Waals surface area contributed by atoms with Crippen LogP contribution in [-0.4, -0.2) is 37.5 Å². The zero-order valence-electron chi connectivity index (χ0n) is 14.9. The van der Waals surface area contributed by atoms with Crippen molar-refractivity contribution in [3.05, 3.63) is 47.9 Å². The average molecular weight is 358 g/mol. The van der Waals surface area contributed by atoms with Gasteiger partial charge in [-0.25, -0.2) is 0 Å². The summed E-state index contributed by atoms with van der Waals surface area (Å²) in [4.78, 5) is 26.3. The first kappa shape index (κ1) is 17.8. The van der Waals surface area contributed by atoms with E-state index in [2.05, 4.69) is 5.32 Å². The van der Waals surface area contributed by atoms with E-state index in [9.17, 15) is 9.59 Å². The first-order valence-electron chi connectivity index (χ1n) is 8.39. The second-order valence-corrected chi connectivity index (χ2v) is 6.15. The summed E-state index contributed by atoms with van der Waals surface area (Å²) in [6.07, 6.45) is 1.78. The Balaban J connectivity index is 1.58. The van der Waals surface area contributed by atoms with Gasteiger partial charge in [0.25, 0.3) is 0 Å². The molecule has 1 aromatic carbocycles. The lowest BCUT2D eigenvalue weighted by molar-refractivity contribution is -0.129. The molecule has 0 spiro atoms. The van der Waals surface area contributed by atoms with E-state index >= 15 is 0 Å². The molecular formula is C19H22N2O5. The number of carbonyl (C=O) groups is 2. The highest BCUT2D eigenvalue weighted by atomic mass is 16.5. The summed E-state index contributed by atoms with van der Waals surface area (Å²) in [6.45, 7) is 1.09. The van der Waals surface area contributed by atoms with E-state index in [1.807, 2.05) is 12.1 Å². The number of likely N-dealkylation sites (tertiary alicyclic amines) is 1. The van der Waals surface area contributed by atoms with Crippen LogP contribution >= 0.6 is 0 Å². The lowest BCUT2D eigenvalue weighted by Crippen LogP contribution is -2.32. The maximum atomic E-state index is 12.5. The van der Waals surface area contributed by atoms with Crippen molar-refractivity contribution in [3.63, 3.8) is 0 Å². The van der Waals surface area contributed by atoms with E-state index < -0.39 is 0 Å². The van der Waals surface area contributed by atoms with Crippen LogP contribution in [0.5, 0.6) is 11.5 Å². The molecule has 1 aromatic heterocycles. The van der Waals surface area contributed by atoms with Crippen molar-refractivity contribution in [1.82, 2.24) is 10.2 Å². The Kier molecular flexibility index (Phi) is 5.46. The third kappa shape index (κ3) is 3.99. The summed E-state index contributed by atoms with van der Waals surface area (Å²) < 4.78 is 15.8. The van der Waals surface area contributed by atoms with Crippen molar-refractivity contribution in [2.24, 2.45) is 5.92 Å². The molecule has 2 amide bonds. The monoisotopic (exact) mass is 358 g/mol. The zero-order chi connectivity index (χ0) is 18.5. The van der Waals surface area contributed by atoms with Crippen molar-refractivity contribution in [2.75, 3.05) is 20.8 Å². The topological polar surface area (TPSA) is 81.0 Å². The van der Waals surface area contributed by atoms with Crippen molar-refractivity contribution >= 4 is 11.8 Å². The van der Waals surface area contributed by atoms with Crippen molar-refractivity contribution < 1.29 is 23.5 Å². The minimum atomic E-state index is -0.367. The van der Waals surface area contributed by atoms with Crippen LogP contribution in [0.1, 0.15) is 17.7 Å². The zero-order valence-corrected chi connectivity index (χ0v) is 14.9. The second-order valence-electron chi connectivity index (χ2n) is 6.15. The van der Waals surface area contributed by atoms with Crippen LogP contribution in [0.15, 0.2) is 41.0 Å². The summed E-state index contributed by atoms with van der Waals surface area (Å²) in [5.74, 6) is 1.52. The fraction of sp³-hybridized carbons (Fsp3) is 0.368. The van der Waals surface area contributed by atoms with Crippen LogP contribution in [0.25, 0.3) is 0 Å². The number of hydrogen-bond donors (Lipinski definition) is 1. The van der Waals surface area contributed by atoms with Gasteiger partial charge in [-0.2, -0.15) is 0 Å². The molecule has 1 unspecified atom stereocenters. The molecule has 1 fully saturated rings. The van der Waals surface area contributed by atoms with E-state index in [0.717, 1.165) is 5.56 Å². The molecule has 1 atom stereocenters. The van der Waals surface area contributed by atoms with Gasteiger partial charge >= 0.3 is 0 Å². The fourth-order valence-corrected chi connectivity index (χ4v) is 3.04. The molecule has 7 heteroatoms. The first-order chi connectivity index (χ1) is 12.6. The maximum absolute atomic E-state index is 12.5. The SMILES string of the molecule is COc1ccc(OC)c(CNC(=O)C2CC(=O)N(Cc3ccco3)C2)c1. The Morgan fingerprint density at radius 3 is 2.85 bits per heavy atom. The molecule has 2 heterocycles. The molecule has 1 saturated heterocycles. The van der Waals surface area contributed by atoms with Crippen LogP contribution in [0.2, 0.25) is 0 Å². The Hall–Kier alpha value is -2.96. The van der Waals surface area contributed by atoms with Gasteiger partial charge < -0.3 is 24.1 Å². The van der Waals surface area contributed by atoms with Crippen LogP contribution in [0.4, 0.5) is 0 Å². The number of rotatable bonds is 7. The molecule has 3 rings (SSSR count). The lowest BCUT2D eigenvalue weighted by atomic mass is 10.1. The van der Waals surface area contributed by atoms with Gasteiger partial charge in [0, 0.05) is 25.1 Å². The van der Waals surface area contributed by atoms with Gasteiger partial charge in [-0.1, -0.05) is 0 Å². The first-order valence-corrected chi connectivity index (χ1v) is 8.39. The number of nitrogens with one attached hydrogen (secondary N) is 1. The summed E-state index contributed by atoms with van der Waals surface area (Å²) >= 11 is 0. The molecular weight excluding hydrogens is 336 g/mol. The molecule has 1 aliphatic rings. The number of benzene rings is 1. The Bertz CT molecular complexity index is 772. The van der Waals surface area contributed by atoms with Crippen molar-refractivity contribution in [1.29, 1.82) is 0 Å². The highest BCUT2D eigenvalue weighted by Crippen LogP contribution is 2.25. The number of hydrogen-bond acceptors (Lipinski definition) is 5. The molecule has 0 radical (unpaired) electrons. The van der Waals surface area contributed by atoms with Crippen molar-refractivity contribution in [3.8, 4) is 11.5 Å². The van der Waals surface area contributed by atoms with E-state index in [0.29, 0.717) is 36.9 Å². The Labute approximate surface area is 151 Å². The Morgan fingerprint density at radius 1 is 1.31 bits per heavy atom. The van der Waals surface area contributed by atoms with Crippen LogP contribution in [0.3, 0.4) is 0 Å². The van der Waals surface area contributed by atoms with E-state index in [-0.39, 0.29) is 24.2 Å². The van der Waals surface area contributed by atoms with Gasteiger partial charge in [0.1, 0.15) is 17.3 Å². The highest BCUT2D eigenvalue weighted by molar-refractivity contribution is 5.89. The lowest BCUT2D eigenvalue weighted by Gasteiger charge is -2.15. The van der Waals surface area contributed by atoms with Gasteiger partial charge in [-0.15, -0.1) is 0 Å². The van der Waals surface area contributed by atoms with Gasteiger partial charge in [0.15, 0.2) is 0 Å². The van der Waals surface area contributed by atoms with Gasteiger partial charge in [0.05, 0.1) is 32.9 Å². The Morgan fingerprint density at radius 2 is 2.15 bits per heavy atom. The van der Waals surface area contributed by atoms with E-state index in [1.54, 1.807) is 43.6 Å². The smallest absolute Gasteiger partial charge is 0.225 e. The van der Waals surface area contributed by atoms with Crippen LogP contribution in [-0.2, 0) is 22.7 Å². The maximum Gasteiger partial charge on any atom is 0.225 e. The van der Waals surface area contributed by atoms with Crippen molar-refractivity contribution in [2.45, 2.75) is 19.5 Å². The van der Waals surface area contributed by atoms with E-state index in [1.165, 1.54) is 0 Å². The molecule has 7 nitrogen and oxygen atoms in total. The molecule has 0 bridgehead atoms. The summed E-state index contributed by atoms with van der Waals surface area (Å²) in [6, 6.07) is 9.01. The quantitative estimate of drug-likeness (QED) is 0.818. The summed E-state index contributed by atoms with van der Waals surface area (Å²) in [7, 11) is 3.16. The summed E-state index contributed by atoms with van der Waals surface area (Å²) in [5, 5.41) is 2.89. The van der Waals surface area contributed by atoms with Gasteiger partial charge in [0.2, 0.25) is 11.8 Å². The number of furan rings is 1. The number of nitrogens with zero attached hydrogens (tertiary/aromatic N) is 1. The normalized spacial score (nSPS) is 16.6. The van der Waals surface area contributed by atoms with Gasteiger partial charge in [-0.05, 0) is 30.3 Å². The minimum absolute atomic E-state index is 0.0412. The largest absolute Gasteiger partial charge is 0.497 e. The highest BCUT2D eigenvalue weighted by Gasteiger charge is 2.34.